The predicted octanol–water partition coefficient (Wildman–Crippen LogP) is 3.37. The SMILES string of the molecule is Cc1cc(C(C)NC(=O)/C=C/c2cccc(N)c2)c(C)o1. The van der Waals surface area contributed by atoms with Crippen molar-refractivity contribution in [2.45, 2.75) is 26.8 Å². The highest BCUT2D eigenvalue weighted by molar-refractivity contribution is 5.92. The molecule has 3 N–H and O–H groups in total. The van der Waals surface area contributed by atoms with Gasteiger partial charge in [0.25, 0.3) is 0 Å². The third-order valence-electron chi connectivity index (χ3n) is 3.24. The summed E-state index contributed by atoms with van der Waals surface area (Å²) >= 11 is 0. The third-order valence-corrected chi connectivity index (χ3v) is 3.24. The third kappa shape index (κ3) is 3.99. The first kappa shape index (κ1) is 14.9. The van der Waals surface area contributed by atoms with Crippen LogP contribution in [-0.2, 0) is 4.79 Å². The van der Waals surface area contributed by atoms with E-state index in [1.807, 2.05) is 51.1 Å². The molecule has 1 atom stereocenters. The van der Waals surface area contributed by atoms with E-state index in [-0.39, 0.29) is 11.9 Å². The molecule has 1 aromatic heterocycles. The average molecular weight is 284 g/mol. The molecule has 21 heavy (non-hydrogen) atoms. The maximum atomic E-state index is 11.9. The summed E-state index contributed by atoms with van der Waals surface area (Å²) in [6.45, 7) is 5.72. The number of nitrogens with two attached hydrogens (primary N) is 1. The molecule has 0 bridgehead atoms. The number of amides is 1. The lowest BCUT2D eigenvalue weighted by atomic mass is 10.1. The van der Waals surface area contributed by atoms with Crippen LogP contribution in [0.4, 0.5) is 5.69 Å². The van der Waals surface area contributed by atoms with E-state index in [9.17, 15) is 4.79 Å². The Morgan fingerprint density at radius 1 is 1.33 bits per heavy atom. The molecule has 0 saturated heterocycles. The number of aryl methyl sites for hydroxylation is 2. The zero-order chi connectivity index (χ0) is 15.4. The Labute approximate surface area is 124 Å². The first-order valence-electron chi connectivity index (χ1n) is 6.87. The lowest BCUT2D eigenvalue weighted by Gasteiger charge is -2.11. The molecule has 1 amide bonds. The highest BCUT2D eigenvalue weighted by Crippen LogP contribution is 2.21. The van der Waals surface area contributed by atoms with Gasteiger partial charge in [-0.2, -0.15) is 0 Å². The predicted molar refractivity (Wildman–Crippen MR) is 84.6 cm³/mol. The second-order valence-electron chi connectivity index (χ2n) is 5.10. The number of carbonyl (C=O) groups is 1. The van der Waals surface area contributed by atoms with Gasteiger partial charge in [0.1, 0.15) is 11.5 Å². The van der Waals surface area contributed by atoms with Crippen LogP contribution in [0.1, 0.15) is 35.6 Å². The number of nitrogen functional groups attached to an aromatic ring is 1. The first-order chi connectivity index (χ1) is 9.95. The monoisotopic (exact) mass is 284 g/mol. The van der Waals surface area contributed by atoms with Crippen molar-refractivity contribution in [3.8, 4) is 0 Å². The fraction of sp³-hybridized carbons (Fsp3) is 0.235. The van der Waals surface area contributed by atoms with Crippen LogP contribution in [-0.4, -0.2) is 5.91 Å². The second kappa shape index (κ2) is 6.31. The maximum absolute atomic E-state index is 11.9. The number of nitrogens with one attached hydrogen (secondary N) is 1. The number of rotatable bonds is 4. The van der Waals surface area contributed by atoms with Crippen molar-refractivity contribution >= 4 is 17.7 Å². The maximum Gasteiger partial charge on any atom is 0.244 e. The quantitative estimate of drug-likeness (QED) is 0.668. The molecule has 4 heteroatoms. The number of hydrogen-bond acceptors (Lipinski definition) is 3. The molecular weight excluding hydrogens is 264 g/mol. The Balaban J connectivity index is 2.00. The molecule has 0 radical (unpaired) electrons. The molecule has 0 saturated carbocycles. The van der Waals surface area contributed by atoms with Gasteiger partial charge in [0.2, 0.25) is 5.91 Å². The minimum absolute atomic E-state index is 0.0968. The van der Waals surface area contributed by atoms with Gasteiger partial charge in [-0.15, -0.1) is 0 Å². The van der Waals surface area contributed by atoms with Crippen molar-refractivity contribution in [2.75, 3.05) is 5.73 Å². The molecule has 0 fully saturated rings. The molecule has 2 rings (SSSR count). The number of furan rings is 1. The summed E-state index contributed by atoms with van der Waals surface area (Å²) in [6, 6.07) is 9.23. The topological polar surface area (TPSA) is 68.3 Å². The van der Waals surface area contributed by atoms with E-state index in [1.54, 1.807) is 6.08 Å². The number of anilines is 1. The Bertz CT molecular complexity index is 671. The Hall–Kier alpha value is -2.49. The molecule has 110 valence electrons. The van der Waals surface area contributed by atoms with Crippen LogP contribution < -0.4 is 11.1 Å². The fourth-order valence-corrected chi connectivity index (χ4v) is 2.25. The number of carbonyl (C=O) groups excluding carboxylic acids is 1. The molecule has 0 aliphatic carbocycles. The molecule has 0 aliphatic heterocycles. The van der Waals surface area contributed by atoms with Crippen LogP contribution >= 0.6 is 0 Å². The van der Waals surface area contributed by atoms with Crippen LogP contribution in [0.15, 0.2) is 40.8 Å². The average Bonchev–Trinajstić information content (AvgIpc) is 2.75. The minimum atomic E-state index is -0.150. The zero-order valence-corrected chi connectivity index (χ0v) is 12.5. The van der Waals surface area contributed by atoms with Crippen LogP contribution in [0.5, 0.6) is 0 Å². The summed E-state index contributed by atoms with van der Waals surface area (Å²) in [5.41, 5.74) is 8.27. The van der Waals surface area contributed by atoms with E-state index >= 15 is 0 Å². The summed E-state index contributed by atoms with van der Waals surface area (Å²) < 4.78 is 5.48. The van der Waals surface area contributed by atoms with Crippen molar-refractivity contribution in [2.24, 2.45) is 0 Å². The summed E-state index contributed by atoms with van der Waals surface area (Å²) in [6.07, 6.45) is 3.25. The van der Waals surface area contributed by atoms with Crippen molar-refractivity contribution in [3.63, 3.8) is 0 Å². The Morgan fingerprint density at radius 3 is 2.71 bits per heavy atom. The van der Waals surface area contributed by atoms with E-state index in [2.05, 4.69) is 5.32 Å². The standard InChI is InChI=1S/C17H20N2O2/c1-11-9-16(13(3)21-11)12(2)19-17(20)8-7-14-5-4-6-15(18)10-14/h4-10,12H,18H2,1-3H3,(H,19,20)/b8-7+. The van der Waals surface area contributed by atoms with E-state index in [1.165, 1.54) is 6.08 Å². The highest BCUT2D eigenvalue weighted by atomic mass is 16.3. The van der Waals surface area contributed by atoms with Gasteiger partial charge < -0.3 is 15.5 Å². The second-order valence-corrected chi connectivity index (χ2v) is 5.10. The minimum Gasteiger partial charge on any atom is -0.466 e. The van der Waals surface area contributed by atoms with Crippen LogP contribution in [0.2, 0.25) is 0 Å². The number of benzene rings is 1. The zero-order valence-electron chi connectivity index (χ0n) is 12.5. The highest BCUT2D eigenvalue weighted by Gasteiger charge is 2.13. The Kier molecular flexibility index (Phi) is 4.48. The van der Waals surface area contributed by atoms with E-state index in [0.717, 1.165) is 22.6 Å². The van der Waals surface area contributed by atoms with Crippen molar-refractivity contribution in [1.29, 1.82) is 0 Å². The van der Waals surface area contributed by atoms with Crippen LogP contribution in [0, 0.1) is 13.8 Å². The van der Waals surface area contributed by atoms with E-state index < -0.39 is 0 Å². The van der Waals surface area contributed by atoms with Crippen LogP contribution in [0.3, 0.4) is 0 Å². The van der Waals surface area contributed by atoms with Gasteiger partial charge in [-0.05, 0) is 50.6 Å². The van der Waals surface area contributed by atoms with Gasteiger partial charge in [0.15, 0.2) is 0 Å². The normalized spacial score (nSPS) is 12.5. The summed E-state index contributed by atoms with van der Waals surface area (Å²) in [5.74, 6) is 1.53. The summed E-state index contributed by atoms with van der Waals surface area (Å²) in [5, 5.41) is 2.92. The van der Waals surface area contributed by atoms with Gasteiger partial charge in [0, 0.05) is 17.3 Å². The molecule has 1 aromatic carbocycles. The van der Waals surface area contributed by atoms with Gasteiger partial charge in [-0.1, -0.05) is 12.1 Å². The van der Waals surface area contributed by atoms with Crippen molar-refractivity contribution in [1.82, 2.24) is 5.32 Å². The smallest absolute Gasteiger partial charge is 0.244 e. The number of hydrogen-bond donors (Lipinski definition) is 2. The first-order valence-corrected chi connectivity index (χ1v) is 6.87. The summed E-state index contributed by atoms with van der Waals surface area (Å²) in [7, 11) is 0. The molecule has 0 spiro atoms. The summed E-state index contributed by atoms with van der Waals surface area (Å²) in [4.78, 5) is 11.9. The molecule has 1 heterocycles. The van der Waals surface area contributed by atoms with Crippen molar-refractivity contribution < 1.29 is 9.21 Å². The van der Waals surface area contributed by atoms with Crippen LogP contribution in [0.25, 0.3) is 6.08 Å². The molecule has 2 aromatic rings. The van der Waals surface area contributed by atoms with Gasteiger partial charge in [-0.3, -0.25) is 4.79 Å². The molecule has 4 nitrogen and oxygen atoms in total. The fourth-order valence-electron chi connectivity index (χ4n) is 2.25. The lowest BCUT2D eigenvalue weighted by Crippen LogP contribution is -2.24. The van der Waals surface area contributed by atoms with Gasteiger partial charge >= 0.3 is 0 Å². The van der Waals surface area contributed by atoms with E-state index in [0.29, 0.717) is 5.69 Å². The Morgan fingerprint density at radius 2 is 2.10 bits per heavy atom. The van der Waals surface area contributed by atoms with Gasteiger partial charge in [-0.25, -0.2) is 0 Å². The largest absolute Gasteiger partial charge is 0.466 e. The van der Waals surface area contributed by atoms with Gasteiger partial charge in [0.05, 0.1) is 6.04 Å². The van der Waals surface area contributed by atoms with Crippen molar-refractivity contribution in [3.05, 3.63) is 59.1 Å². The van der Waals surface area contributed by atoms with E-state index in [4.69, 9.17) is 10.2 Å². The molecule has 1 unspecified atom stereocenters. The molecular formula is C17H20N2O2. The molecule has 0 aliphatic rings. The lowest BCUT2D eigenvalue weighted by molar-refractivity contribution is -0.117.